The number of hydrogen-bond donors (Lipinski definition) is 0. The van der Waals surface area contributed by atoms with Crippen molar-refractivity contribution in [3.05, 3.63) is 54.1 Å². The second-order valence-corrected chi connectivity index (χ2v) is 9.67. The van der Waals surface area contributed by atoms with Gasteiger partial charge < -0.3 is 0 Å². The molecule has 3 aromatic rings. The third kappa shape index (κ3) is 3.14. The lowest BCUT2D eigenvalue weighted by Crippen LogP contribution is -2.30. The first kappa shape index (κ1) is 17.9. The van der Waals surface area contributed by atoms with Gasteiger partial charge in [-0.3, -0.25) is 14.5 Å². The molecule has 2 fully saturated rings. The van der Waals surface area contributed by atoms with E-state index >= 15 is 0 Å². The van der Waals surface area contributed by atoms with Gasteiger partial charge in [-0.15, -0.1) is 11.3 Å². The number of imide groups is 1. The molecule has 1 saturated heterocycles. The molecule has 0 bridgehead atoms. The Hall–Kier alpha value is -2.18. The van der Waals surface area contributed by atoms with Crippen molar-refractivity contribution >= 4 is 50.8 Å². The first-order valence-corrected chi connectivity index (χ1v) is 11.5. The number of fused-ring (bicyclic) bond motifs is 2. The quantitative estimate of drug-likeness (QED) is 0.436. The van der Waals surface area contributed by atoms with Gasteiger partial charge in [-0.05, 0) is 36.6 Å². The maximum absolute atomic E-state index is 12.8. The van der Waals surface area contributed by atoms with Crippen LogP contribution in [0.3, 0.4) is 0 Å². The van der Waals surface area contributed by atoms with E-state index in [2.05, 4.69) is 12.1 Å². The predicted octanol–water partition coefficient (Wildman–Crippen LogP) is 5.27. The molecule has 2 aromatic carbocycles. The molecule has 0 unspecified atom stereocenters. The summed E-state index contributed by atoms with van der Waals surface area (Å²) in [7, 11) is 0. The summed E-state index contributed by atoms with van der Waals surface area (Å²) in [5.74, 6) is 0.611. The van der Waals surface area contributed by atoms with Crippen LogP contribution in [0.25, 0.3) is 10.2 Å². The van der Waals surface area contributed by atoms with Gasteiger partial charge in [-0.2, -0.15) is 0 Å². The zero-order chi connectivity index (χ0) is 19.1. The second kappa shape index (κ2) is 7.33. The lowest BCUT2D eigenvalue weighted by Gasteiger charge is -2.19. The molecule has 2 aliphatic rings. The van der Waals surface area contributed by atoms with E-state index in [0.717, 1.165) is 46.0 Å². The van der Waals surface area contributed by atoms with E-state index in [0.29, 0.717) is 5.69 Å². The van der Waals surface area contributed by atoms with Gasteiger partial charge in [0.1, 0.15) is 0 Å². The fraction of sp³-hybridized carbons (Fsp3) is 0.318. The highest BCUT2D eigenvalue weighted by atomic mass is 32.2. The zero-order valence-corrected chi connectivity index (χ0v) is 17.0. The van der Waals surface area contributed by atoms with Crippen molar-refractivity contribution in [1.82, 2.24) is 4.98 Å². The molecule has 28 heavy (non-hydrogen) atoms. The summed E-state index contributed by atoms with van der Waals surface area (Å²) < 4.78 is 2.02. The molecular formula is C22H20N2O2S2. The Kier molecular flexibility index (Phi) is 4.69. The van der Waals surface area contributed by atoms with Crippen LogP contribution in [0.1, 0.15) is 31.2 Å². The number of carbonyl (C=O) groups is 2. The third-order valence-electron chi connectivity index (χ3n) is 5.66. The summed E-state index contributed by atoms with van der Waals surface area (Å²) in [6.45, 7) is 0. The molecule has 1 saturated carbocycles. The molecule has 2 amide bonds. The molecule has 0 N–H and O–H groups in total. The summed E-state index contributed by atoms with van der Waals surface area (Å²) in [6.07, 6.45) is 3.78. The van der Waals surface area contributed by atoms with E-state index in [1.54, 1.807) is 23.1 Å². The molecule has 5 rings (SSSR count). The van der Waals surface area contributed by atoms with Gasteiger partial charge >= 0.3 is 0 Å². The minimum absolute atomic E-state index is 0.0164. The lowest BCUT2D eigenvalue weighted by atomic mass is 9.81. The van der Waals surface area contributed by atoms with Gasteiger partial charge in [0.05, 0.1) is 27.7 Å². The highest BCUT2D eigenvalue weighted by Gasteiger charge is 2.48. The van der Waals surface area contributed by atoms with Gasteiger partial charge in [0, 0.05) is 5.75 Å². The van der Waals surface area contributed by atoms with E-state index in [1.165, 1.54) is 10.5 Å². The van der Waals surface area contributed by atoms with Crippen LogP contribution in [0.4, 0.5) is 5.69 Å². The van der Waals surface area contributed by atoms with Crippen LogP contribution in [0.15, 0.2) is 52.9 Å². The molecule has 0 radical (unpaired) electrons. The van der Waals surface area contributed by atoms with Gasteiger partial charge in [0.25, 0.3) is 0 Å². The molecule has 0 spiro atoms. The van der Waals surface area contributed by atoms with Crippen LogP contribution < -0.4 is 4.90 Å². The SMILES string of the molecule is O=C1[C@H]2CCCC[C@H]2C(=O)N1c1ccc2nc(SCc3ccccc3)sc2c1. The van der Waals surface area contributed by atoms with E-state index in [4.69, 9.17) is 4.98 Å². The monoisotopic (exact) mass is 408 g/mol. The standard InChI is InChI=1S/C22H20N2O2S2/c25-20-16-8-4-5-9-17(16)21(26)24(20)15-10-11-18-19(12-15)28-22(23-18)27-13-14-6-2-1-3-7-14/h1-3,6-7,10-12,16-17H,4-5,8-9,13H2/t16-,17+. The first-order chi connectivity index (χ1) is 13.7. The van der Waals surface area contributed by atoms with Gasteiger partial charge in [0.2, 0.25) is 11.8 Å². The summed E-state index contributed by atoms with van der Waals surface area (Å²) in [5.41, 5.74) is 2.88. The largest absolute Gasteiger partial charge is 0.274 e. The van der Waals surface area contributed by atoms with Crippen LogP contribution in [-0.4, -0.2) is 16.8 Å². The minimum Gasteiger partial charge on any atom is -0.274 e. The maximum Gasteiger partial charge on any atom is 0.237 e. The molecular weight excluding hydrogens is 388 g/mol. The van der Waals surface area contributed by atoms with Gasteiger partial charge in [0.15, 0.2) is 4.34 Å². The predicted molar refractivity (Wildman–Crippen MR) is 114 cm³/mol. The average Bonchev–Trinajstić information content (AvgIpc) is 3.25. The Bertz CT molecular complexity index is 1020. The summed E-state index contributed by atoms with van der Waals surface area (Å²) in [5, 5.41) is 0. The number of thiazole rings is 1. The molecule has 142 valence electrons. The summed E-state index contributed by atoms with van der Waals surface area (Å²) in [4.78, 5) is 31.8. The van der Waals surface area contributed by atoms with Crippen molar-refractivity contribution < 1.29 is 9.59 Å². The summed E-state index contributed by atoms with van der Waals surface area (Å²) in [6, 6.07) is 16.1. The number of rotatable bonds is 4. The second-order valence-electron chi connectivity index (χ2n) is 7.42. The first-order valence-electron chi connectivity index (χ1n) is 9.66. The number of thioether (sulfide) groups is 1. The number of benzene rings is 2. The number of carbonyl (C=O) groups excluding carboxylic acids is 2. The van der Waals surface area contributed by atoms with E-state index in [1.807, 2.05) is 36.4 Å². The minimum atomic E-state index is -0.115. The van der Waals surface area contributed by atoms with E-state index in [-0.39, 0.29) is 23.7 Å². The van der Waals surface area contributed by atoms with Crippen molar-refractivity contribution in [2.24, 2.45) is 11.8 Å². The van der Waals surface area contributed by atoms with Crippen LogP contribution in [0, 0.1) is 11.8 Å². The lowest BCUT2D eigenvalue weighted by molar-refractivity contribution is -0.122. The van der Waals surface area contributed by atoms with E-state index in [9.17, 15) is 9.59 Å². The fourth-order valence-electron chi connectivity index (χ4n) is 4.23. The van der Waals surface area contributed by atoms with Crippen LogP contribution in [0.5, 0.6) is 0 Å². The Morgan fingerprint density at radius 1 is 1.00 bits per heavy atom. The van der Waals surface area contributed by atoms with Crippen LogP contribution in [0.2, 0.25) is 0 Å². The fourth-order valence-corrected chi connectivity index (χ4v) is 6.29. The van der Waals surface area contributed by atoms with Gasteiger partial charge in [-0.1, -0.05) is 54.9 Å². The van der Waals surface area contributed by atoms with Crippen molar-refractivity contribution in [1.29, 1.82) is 0 Å². The Morgan fingerprint density at radius 3 is 2.43 bits per heavy atom. The summed E-state index contributed by atoms with van der Waals surface area (Å²) >= 11 is 3.33. The number of nitrogens with zero attached hydrogens (tertiary/aromatic N) is 2. The Balaban J connectivity index is 1.39. The molecule has 1 aliphatic carbocycles. The van der Waals surface area contributed by atoms with E-state index < -0.39 is 0 Å². The van der Waals surface area contributed by atoms with Crippen molar-refractivity contribution in [2.75, 3.05) is 4.90 Å². The topological polar surface area (TPSA) is 50.3 Å². The maximum atomic E-state index is 12.8. The molecule has 1 aromatic heterocycles. The molecule has 6 heteroatoms. The third-order valence-corrected chi connectivity index (χ3v) is 7.89. The number of amides is 2. The molecule has 2 atom stereocenters. The van der Waals surface area contributed by atoms with Crippen molar-refractivity contribution in [3.63, 3.8) is 0 Å². The normalized spacial score (nSPS) is 22.1. The molecule has 2 heterocycles. The number of anilines is 1. The Morgan fingerprint density at radius 2 is 1.71 bits per heavy atom. The molecule has 4 nitrogen and oxygen atoms in total. The number of hydrogen-bond acceptors (Lipinski definition) is 5. The zero-order valence-electron chi connectivity index (χ0n) is 15.3. The van der Waals surface area contributed by atoms with Gasteiger partial charge in [-0.25, -0.2) is 4.98 Å². The highest BCUT2D eigenvalue weighted by molar-refractivity contribution is 8.00. The average molecular weight is 409 g/mol. The van der Waals surface area contributed by atoms with Crippen LogP contribution >= 0.6 is 23.1 Å². The highest BCUT2D eigenvalue weighted by Crippen LogP contribution is 2.41. The number of aromatic nitrogens is 1. The molecule has 1 aliphatic heterocycles. The van der Waals surface area contributed by atoms with Crippen LogP contribution in [-0.2, 0) is 15.3 Å². The smallest absolute Gasteiger partial charge is 0.237 e. The Labute approximate surface area is 172 Å². The van der Waals surface area contributed by atoms with Crippen molar-refractivity contribution in [2.45, 2.75) is 35.8 Å². The van der Waals surface area contributed by atoms with Crippen molar-refractivity contribution in [3.8, 4) is 0 Å².